The van der Waals surface area contributed by atoms with E-state index in [-0.39, 0.29) is 34.0 Å². The minimum absolute atomic E-state index is 0. The molecule has 0 aliphatic carbocycles. The molecule has 5 nitrogen and oxygen atoms in total. The Labute approximate surface area is 59.0 Å². The normalized spacial score (nSPS) is 5.00. The van der Waals surface area contributed by atoms with Crippen LogP contribution in [0.4, 0.5) is 0 Å². The van der Waals surface area contributed by atoms with Crippen molar-refractivity contribution in [3.05, 3.63) is 0 Å². The van der Waals surface area contributed by atoms with E-state index in [1.165, 1.54) is 0 Å². The quantitative estimate of drug-likeness (QED) is 0.280. The van der Waals surface area contributed by atoms with Gasteiger partial charge in [-0.2, -0.15) is 4.21 Å². The molecule has 0 unspecified atom stereocenters. The van der Waals surface area contributed by atoms with Crippen LogP contribution >= 0.6 is 0 Å². The average molecular weight is 144 g/mol. The summed E-state index contributed by atoms with van der Waals surface area (Å²) in [6, 6.07) is 0. The number of rotatable bonds is 0. The SMILES string of the molecule is O.O.O=S(O)O.[MgH2]. The summed E-state index contributed by atoms with van der Waals surface area (Å²) >= 11 is -2.61. The van der Waals surface area contributed by atoms with Gasteiger partial charge in [-0.25, -0.2) is 0 Å². The Balaban J connectivity index is -0.0000000150. The second-order valence-corrected chi connectivity index (χ2v) is 0.692. The maximum atomic E-state index is 8.67. The second-order valence-electron chi connectivity index (χ2n) is 0.231. The zero-order chi connectivity index (χ0) is 3.58. The highest BCUT2D eigenvalue weighted by Gasteiger charge is 1.62. The highest BCUT2D eigenvalue weighted by atomic mass is 32.2. The molecule has 0 radical (unpaired) electrons. The van der Waals surface area contributed by atoms with Crippen LogP contribution in [0.5, 0.6) is 0 Å². The minimum atomic E-state index is -2.61. The van der Waals surface area contributed by atoms with Crippen LogP contribution in [-0.2, 0) is 11.4 Å². The molecule has 0 amide bonds. The van der Waals surface area contributed by atoms with Crippen LogP contribution in [0.25, 0.3) is 0 Å². The van der Waals surface area contributed by atoms with Gasteiger partial charge in [0.15, 0.2) is 0 Å². The van der Waals surface area contributed by atoms with Crippen molar-refractivity contribution in [2.75, 3.05) is 0 Å². The first-order valence-electron chi connectivity index (χ1n) is 0.532. The van der Waals surface area contributed by atoms with Gasteiger partial charge in [-0.15, -0.1) is 0 Å². The molecule has 0 rings (SSSR count). The largest absolute Gasteiger partial charge is 0.412 e. The van der Waals surface area contributed by atoms with Gasteiger partial charge in [0.05, 0.1) is 0 Å². The Hall–Kier alpha value is 0.756. The highest BCUT2D eigenvalue weighted by Crippen LogP contribution is 1.44. The van der Waals surface area contributed by atoms with E-state index >= 15 is 0 Å². The van der Waals surface area contributed by atoms with E-state index in [0.717, 1.165) is 0 Å². The third-order valence-corrected chi connectivity index (χ3v) is 0. The molecular weight excluding hydrogens is 136 g/mol. The molecule has 46 valence electrons. The molecule has 0 bridgehead atoms. The van der Waals surface area contributed by atoms with Gasteiger partial charge >= 0.3 is 23.1 Å². The van der Waals surface area contributed by atoms with Crippen LogP contribution in [0.15, 0.2) is 0 Å². The van der Waals surface area contributed by atoms with Crippen LogP contribution in [0.1, 0.15) is 0 Å². The van der Waals surface area contributed by atoms with E-state index in [1.807, 2.05) is 0 Å². The van der Waals surface area contributed by atoms with E-state index in [9.17, 15) is 0 Å². The molecule has 0 spiro atoms. The van der Waals surface area contributed by atoms with Crippen LogP contribution in [0.3, 0.4) is 0 Å². The van der Waals surface area contributed by atoms with Crippen molar-refractivity contribution >= 4 is 34.4 Å². The summed E-state index contributed by atoms with van der Waals surface area (Å²) in [5.41, 5.74) is 0. The van der Waals surface area contributed by atoms with Crippen LogP contribution in [0, 0.1) is 0 Å². The fraction of sp³-hybridized carbons (Fsp3) is 0. The summed E-state index contributed by atoms with van der Waals surface area (Å²) in [5, 5.41) is 0. The molecule has 0 aromatic rings. The Kier molecular flexibility index (Phi) is 56.9. The molecule has 0 aliphatic heterocycles. The standard InChI is InChI=1S/Mg.H2O3S.2H2O.2H/c;1-4(2)3;;;;/h;(H2,1,2,3);2*1H2;;. The first-order chi connectivity index (χ1) is 1.73. The molecule has 0 atom stereocenters. The Morgan fingerprint density at radius 3 is 1.14 bits per heavy atom. The van der Waals surface area contributed by atoms with Gasteiger partial charge in [0.25, 0.3) is 11.4 Å². The van der Waals surface area contributed by atoms with Crippen molar-refractivity contribution in [2.45, 2.75) is 0 Å². The summed E-state index contributed by atoms with van der Waals surface area (Å²) in [5.74, 6) is 0. The van der Waals surface area contributed by atoms with Gasteiger partial charge in [0.2, 0.25) is 0 Å². The number of hydrogen-bond donors (Lipinski definition) is 2. The molecule has 0 aromatic carbocycles. The third kappa shape index (κ3) is 267. The van der Waals surface area contributed by atoms with E-state index in [2.05, 4.69) is 0 Å². The lowest BCUT2D eigenvalue weighted by Gasteiger charge is -1.59. The summed E-state index contributed by atoms with van der Waals surface area (Å²) in [6.45, 7) is 0. The first-order valence-corrected chi connectivity index (χ1v) is 1.60. The molecule has 6 N–H and O–H groups in total. The van der Waals surface area contributed by atoms with Gasteiger partial charge in [-0.1, -0.05) is 0 Å². The van der Waals surface area contributed by atoms with Crippen molar-refractivity contribution in [1.82, 2.24) is 0 Å². The molecular formula is H8MgO5S. The molecule has 0 aliphatic rings. The Morgan fingerprint density at radius 2 is 1.14 bits per heavy atom. The predicted octanol–water partition coefficient (Wildman–Crippen LogP) is -2.88. The van der Waals surface area contributed by atoms with Crippen LogP contribution < -0.4 is 0 Å². The number of hydrogen-bond acceptors (Lipinski definition) is 1. The van der Waals surface area contributed by atoms with E-state index in [1.54, 1.807) is 0 Å². The molecule has 0 fully saturated rings. The van der Waals surface area contributed by atoms with Crippen molar-refractivity contribution < 1.29 is 24.3 Å². The lowest BCUT2D eigenvalue weighted by Crippen LogP contribution is -1.74. The Bertz CT molecular complexity index is 31.1. The zero-order valence-corrected chi connectivity index (χ0v) is 3.53. The lowest BCUT2D eigenvalue weighted by atomic mass is 15.8. The molecule has 0 saturated carbocycles. The van der Waals surface area contributed by atoms with E-state index in [0.29, 0.717) is 0 Å². The van der Waals surface area contributed by atoms with Crippen molar-refractivity contribution in [3.8, 4) is 0 Å². The van der Waals surface area contributed by atoms with Crippen molar-refractivity contribution in [1.29, 1.82) is 0 Å². The second kappa shape index (κ2) is 15.9. The van der Waals surface area contributed by atoms with Crippen molar-refractivity contribution in [3.63, 3.8) is 0 Å². The van der Waals surface area contributed by atoms with Gasteiger partial charge in [0, 0.05) is 0 Å². The first kappa shape index (κ1) is 25.1. The molecule has 0 saturated heterocycles. The highest BCUT2D eigenvalue weighted by molar-refractivity contribution is 7.73. The van der Waals surface area contributed by atoms with Crippen molar-refractivity contribution in [2.24, 2.45) is 0 Å². The predicted molar refractivity (Wildman–Crippen MR) is 29.2 cm³/mol. The lowest BCUT2D eigenvalue weighted by molar-refractivity contribution is 0.454. The molecule has 7 heavy (non-hydrogen) atoms. The van der Waals surface area contributed by atoms with Gasteiger partial charge in [-0.3, -0.25) is 9.11 Å². The van der Waals surface area contributed by atoms with Crippen LogP contribution in [-0.4, -0.2) is 47.3 Å². The maximum Gasteiger partial charge on any atom is 0.316 e. The van der Waals surface area contributed by atoms with E-state index < -0.39 is 11.4 Å². The van der Waals surface area contributed by atoms with Gasteiger partial charge in [0.1, 0.15) is 0 Å². The van der Waals surface area contributed by atoms with Gasteiger partial charge < -0.3 is 11.0 Å². The third-order valence-electron chi connectivity index (χ3n) is 0. The van der Waals surface area contributed by atoms with Gasteiger partial charge in [-0.05, 0) is 0 Å². The average Bonchev–Trinajstić information content (AvgIpc) is 0.811. The molecule has 0 aromatic heterocycles. The summed E-state index contributed by atoms with van der Waals surface area (Å²) in [6.07, 6.45) is 0. The fourth-order valence-corrected chi connectivity index (χ4v) is 0. The fourth-order valence-electron chi connectivity index (χ4n) is 0. The summed E-state index contributed by atoms with van der Waals surface area (Å²) < 4.78 is 22.8. The molecule has 0 heterocycles. The van der Waals surface area contributed by atoms with Crippen LogP contribution in [0.2, 0.25) is 0 Å². The Morgan fingerprint density at radius 1 is 1.14 bits per heavy atom. The zero-order valence-electron chi connectivity index (χ0n) is 2.71. The smallest absolute Gasteiger partial charge is 0.316 e. The minimum Gasteiger partial charge on any atom is -0.412 e. The summed E-state index contributed by atoms with van der Waals surface area (Å²) in [7, 11) is 0. The topological polar surface area (TPSA) is 121 Å². The maximum absolute atomic E-state index is 8.67. The van der Waals surface area contributed by atoms with E-state index in [4.69, 9.17) is 13.3 Å². The summed E-state index contributed by atoms with van der Waals surface area (Å²) in [4.78, 5) is 0. The molecule has 7 heteroatoms. The monoisotopic (exact) mass is 144 g/mol.